The summed E-state index contributed by atoms with van der Waals surface area (Å²) in [5.41, 5.74) is 3.88. The van der Waals surface area contributed by atoms with Crippen molar-refractivity contribution in [3.05, 3.63) is 69.9 Å². The van der Waals surface area contributed by atoms with E-state index in [0.29, 0.717) is 17.3 Å². The molecule has 160 valence electrons. The molecule has 0 saturated carbocycles. The van der Waals surface area contributed by atoms with E-state index in [0.717, 1.165) is 48.2 Å². The summed E-state index contributed by atoms with van der Waals surface area (Å²) >= 11 is 0. The Balaban J connectivity index is 1.33. The Morgan fingerprint density at radius 3 is 2.94 bits per heavy atom. The van der Waals surface area contributed by atoms with Gasteiger partial charge in [0.05, 0.1) is 18.2 Å². The first kappa shape index (κ1) is 19.6. The number of aromatic nitrogens is 4. The van der Waals surface area contributed by atoms with Gasteiger partial charge in [-0.1, -0.05) is 18.2 Å². The number of amides is 1. The van der Waals surface area contributed by atoms with Gasteiger partial charge in [0.1, 0.15) is 0 Å². The van der Waals surface area contributed by atoms with Crippen molar-refractivity contribution < 1.29 is 9.53 Å². The number of hydrogen-bond donors (Lipinski definition) is 3. The molecule has 8 heteroatoms. The Bertz CT molecular complexity index is 1300. The molecule has 1 atom stereocenters. The van der Waals surface area contributed by atoms with Gasteiger partial charge in [0, 0.05) is 54.1 Å². The molecular weight excluding hydrogens is 394 g/mol. The predicted molar refractivity (Wildman–Crippen MR) is 117 cm³/mol. The zero-order chi connectivity index (χ0) is 21.4. The maximum absolute atomic E-state index is 12.6. The Morgan fingerprint density at radius 1 is 1.29 bits per heavy atom. The van der Waals surface area contributed by atoms with Gasteiger partial charge in [-0.15, -0.1) is 0 Å². The minimum absolute atomic E-state index is 0.115. The van der Waals surface area contributed by atoms with Crippen molar-refractivity contribution in [2.45, 2.75) is 38.1 Å². The van der Waals surface area contributed by atoms with Gasteiger partial charge >= 0.3 is 0 Å². The summed E-state index contributed by atoms with van der Waals surface area (Å²) in [4.78, 5) is 33.1. The molecule has 4 heterocycles. The highest BCUT2D eigenvalue weighted by atomic mass is 16.5. The molecule has 0 unspecified atom stereocenters. The lowest BCUT2D eigenvalue weighted by molar-refractivity contribution is -0.121. The highest BCUT2D eigenvalue weighted by Gasteiger charge is 2.20. The number of hydrogen-bond acceptors (Lipinski definition) is 4. The number of nitrogens with zero attached hydrogens (tertiary/aromatic N) is 2. The second kappa shape index (κ2) is 8.03. The molecule has 1 aromatic carbocycles. The average molecular weight is 419 g/mol. The number of para-hydroxylation sites is 1. The first-order valence-corrected chi connectivity index (χ1v) is 10.6. The van der Waals surface area contributed by atoms with E-state index >= 15 is 0 Å². The van der Waals surface area contributed by atoms with Gasteiger partial charge in [-0.25, -0.2) is 9.50 Å². The molecule has 0 spiro atoms. The number of benzene rings is 1. The normalized spacial score (nSPS) is 16.0. The Morgan fingerprint density at radius 2 is 2.10 bits per heavy atom. The van der Waals surface area contributed by atoms with E-state index < -0.39 is 0 Å². The highest BCUT2D eigenvalue weighted by molar-refractivity contribution is 5.88. The second-order valence-electron chi connectivity index (χ2n) is 8.14. The first-order chi connectivity index (χ1) is 15.1. The van der Waals surface area contributed by atoms with Crippen LogP contribution in [-0.2, 0) is 16.0 Å². The Kier molecular flexibility index (Phi) is 5.07. The van der Waals surface area contributed by atoms with Crippen molar-refractivity contribution >= 4 is 22.5 Å². The average Bonchev–Trinajstić information content (AvgIpc) is 3.39. The van der Waals surface area contributed by atoms with Gasteiger partial charge in [-0.3, -0.25) is 14.7 Å². The standard InChI is InChI=1S/C23H25N5O3/c1-14(25-22(29)10-16-13-24-18-5-3-2-4-17(16)18)19-12-23(30)28-21(26-19)11-20(27-28)15-6-8-31-9-7-15/h2-5,11-15,24,27H,6-10H2,1H3,(H,25,29)/t14-/m0/s1. The van der Waals surface area contributed by atoms with Crippen molar-refractivity contribution in [1.82, 2.24) is 24.9 Å². The molecule has 1 aliphatic rings. The monoisotopic (exact) mass is 419 g/mol. The maximum atomic E-state index is 12.6. The molecule has 1 fully saturated rings. The number of rotatable bonds is 5. The molecule has 8 nitrogen and oxygen atoms in total. The van der Waals surface area contributed by atoms with Crippen molar-refractivity contribution in [3.8, 4) is 0 Å². The molecule has 31 heavy (non-hydrogen) atoms. The molecule has 1 saturated heterocycles. The smallest absolute Gasteiger partial charge is 0.272 e. The quantitative estimate of drug-likeness (QED) is 0.463. The molecule has 1 amide bonds. The third-order valence-electron chi connectivity index (χ3n) is 6.00. The third-order valence-corrected chi connectivity index (χ3v) is 6.00. The number of ether oxygens (including phenoxy) is 1. The summed E-state index contributed by atoms with van der Waals surface area (Å²) in [7, 11) is 0. The molecule has 5 rings (SSSR count). The van der Waals surface area contributed by atoms with Crippen LogP contribution in [0.4, 0.5) is 0 Å². The topological polar surface area (TPSA) is 104 Å². The Labute approximate surface area is 178 Å². The maximum Gasteiger partial charge on any atom is 0.272 e. The van der Waals surface area contributed by atoms with Crippen LogP contribution in [0, 0.1) is 0 Å². The number of fused-ring (bicyclic) bond motifs is 2. The molecule has 1 aliphatic heterocycles. The van der Waals surface area contributed by atoms with Crippen LogP contribution in [0.5, 0.6) is 0 Å². The molecule has 3 N–H and O–H groups in total. The summed E-state index contributed by atoms with van der Waals surface area (Å²) < 4.78 is 6.89. The van der Waals surface area contributed by atoms with Gasteiger partial charge in [0.2, 0.25) is 5.91 Å². The van der Waals surface area contributed by atoms with E-state index in [2.05, 4.69) is 20.4 Å². The Hall–Kier alpha value is -3.39. The van der Waals surface area contributed by atoms with Gasteiger partial charge in [-0.05, 0) is 31.4 Å². The van der Waals surface area contributed by atoms with Gasteiger partial charge < -0.3 is 15.0 Å². The van der Waals surface area contributed by atoms with Crippen LogP contribution in [0.15, 0.2) is 47.4 Å². The van der Waals surface area contributed by atoms with Crippen molar-refractivity contribution in [1.29, 1.82) is 0 Å². The van der Waals surface area contributed by atoms with E-state index in [1.807, 2.05) is 43.5 Å². The van der Waals surface area contributed by atoms with E-state index in [4.69, 9.17) is 4.74 Å². The number of aromatic amines is 2. The lowest BCUT2D eigenvalue weighted by Crippen LogP contribution is -2.30. The van der Waals surface area contributed by atoms with Crippen molar-refractivity contribution in [2.24, 2.45) is 0 Å². The second-order valence-corrected chi connectivity index (χ2v) is 8.14. The van der Waals surface area contributed by atoms with Crippen LogP contribution in [0.2, 0.25) is 0 Å². The van der Waals surface area contributed by atoms with Crippen LogP contribution in [0.25, 0.3) is 16.6 Å². The minimum atomic E-state index is -0.378. The SMILES string of the molecule is C[C@H](NC(=O)Cc1c[nH]c2ccccc12)c1cc(=O)n2[nH]c(C3CCOCC3)cc2n1. The number of carbonyl (C=O) groups excluding carboxylic acids is 1. The molecular formula is C23H25N5O3. The fourth-order valence-electron chi connectivity index (χ4n) is 4.29. The molecule has 0 aliphatic carbocycles. The fourth-order valence-corrected chi connectivity index (χ4v) is 4.29. The number of nitrogens with one attached hydrogen (secondary N) is 3. The van der Waals surface area contributed by atoms with E-state index in [-0.39, 0.29) is 23.9 Å². The van der Waals surface area contributed by atoms with E-state index in [9.17, 15) is 9.59 Å². The van der Waals surface area contributed by atoms with Crippen molar-refractivity contribution in [2.75, 3.05) is 13.2 Å². The lowest BCUT2D eigenvalue weighted by Gasteiger charge is -2.20. The van der Waals surface area contributed by atoms with Gasteiger partial charge in [0.15, 0.2) is 5.65 Å². The van der Waals surface area contributed by atoms with Crippen LogP contribution >= 0.6 is 0 Å². The van der Waals surface area contributed by atoms with E-state index in [1.54, 1.807) is 0 Å². The largest absolute Gasteiger partial charge is 0.381 e. The highest BCUT2D eigenvalue weighted by Crippen LogP contribution is 2.26. The molecule has 0 radical (unpaired) electrons. The summed E-state index contributed by atoms with van der Waals surface area (Å²) in [6.07, 6.45) is 3.97. The van der Waals surface area contributed by atoms with Gasteiger partial charge in [0.25, 0.3) is 5.56 Å². The van der Waals surface area contributed by atoms with Crippen molar-refractivity contribution in [3.63, 3.8) is 0 Å². The molecule has 4 aromatic rings. The van der Waals surface area contributed by atoms with Crippen LogP contribution < -0.4 is 10.9 Å². The summed E-state index contributed by atoms with van der Waals surface area (Å²) in [5.74, 6) is 0.225. The molecule has 0 bridgehead atoms. The lowest BCUT2D eigenvalue weighted by atomic mass is 9.97. The van der Waals surface area contributed by atoms with Crippen LogP contribution in [-0.4, -0.2) is 38.7 Å². The minimum Gasteiger partial charge on any atom is -0.381 e. The molecule has 3 aromatic heterocycles. The third kappa shape index (κ3) is 3.86. The number of carbonyl (C=O) groups is 1. The predicted octanol–water partition coefficient (Wildman–Crippen LogP) is 2.82. The van der Waals surface area contributed by atoms with Crippen LogP contribution in [0.1, 0.15) is 48.7 Å². The summed E-state index contributed by atoms with van der Waals surface area (Å²) in [5, 5.41) is 7.19. The van der Waals surface area contributed by atoms with Crippen LogP contribution in [0.3, 0.4) is 0 Å². The zero-order valence-corrected chi connectivity index (χ0v) is 17.4. The van der Waals surface area contributed by atoms with Gasteiger partial charge in [-0.2, -0.15) is 0 Å². The summed E-state index contributed by atoms with van der Waals surface area (Å²) in [6, 6.07) is 10.9. The zero-order valence-electron chi connectivity index (χ0n) is 17.4. The first-order valence-electron chi connectivity index (χ1n) is 10.6. The summed E-state index contributed by atoms with van der Waals surface area (Å²) in [6.45, 7) is 3.30. The van der Waals surface area contributed by atoms with E-state index in [1.165, 1.54) is 10.6 Å². The number of H-pyrrole nitrogens is 2. The fraction of sp³-hybridized carbons (Fsp3) is 0.348.